The molecule has 2 rings (SSSR count). The highest BCUT2D eigenvalue weighted by atomic mass is 79.9. The summed E-state index contributed by atoms with van der Waals surface area (Å²) in [4.78, 5) is 11.7. The lowest BCUT2D eigenvalue weighted by atomic mass is 10.1. The second-order valence-electron chi connectivity index (χ2n) is 3.80. The molecular weight excluding hydrogens is 314 g/mol. The first-order valence-electron chi connectivity index (χ1n) is 5.33. The van der Waals surface area contributed by atoms with E-state index in [0.29, 0.717) is 26.9 Å². The van der Waals surface area contributed by atoms with Gasteiger partial charge >= 0.3 is 5.63 Å². The molecule has 0 saturated carbocycles. The number of benzene rings is 1. The van der Waals surface area contributed by atoms with Crippen LogP contribution in [0.5, 0.6) is 11.5 Å². The number of halogens is 1. The molecule has 0 aliphatic carbocycles. The maximum Gasteiger partial charge on any atom is 0.354 e. The third kappa shape index (κ3) is 1.96. The second-order valence-corrected chi connectivity index (χ2v) is 4.66. The minimum absolute atomic E-state index is 0.00776. The van der Waals surface area contributed by atoms with E-state index in [0.717, 1.165) is 0 Å². The molecule has 1 aromatic carbocycles. The Morgan fingerprint density at radius 1 is 1.32 bits per heavy atom. The molecule has 0 amide bonds. The van der Waals surface area contributed by atoms with E-state index in [2.05, 4.69) is 15.9 Å². The average molecular weight is 324 g/mol. The number of rotatable bonds is 2. The van der Waals surface area contributed by atoms with Gasteiger partial charge in [-0.25, -0.2) is 4.79 Å². The zero-order valence-corrected chi connectivity index (χ0v) is 12.1. The number of hydrogen-bond donors (Lipinski definition) is 0. The monoisotopic (exact) mass is 323 g/mol. The van der Waals surface area contributed by atoms with Gasteiger partial charge in [0.05, 0.1) is 18.7 Å². The molecule has 19 heavy (non-hydrogen) atoms. The molecular formula is C13H10BrNO4. The van der Waals surface area contributed by atoms with E-state index in [4.69, 9.17) is 19.2 Å². The molecule has 0 aliphatic heterocycles. The van der Waals surface area contributed by atoms with Crippen molar-refractivity contribution in [3.8, 4) is 17.6 Å². The maximum atomic E-state index is 11.7. The van der Waals surface area contributed by atoms with Gasteiger partial charge in [0, 0.05) is 5.39 Å². The van der Waals surface area contributed by atoms with E-state index in [-0.39, 0.29) is 11.1 Å². The van der Waals surface area contributed by atoms with Crippen molar-refractivity contribution < 1.29 is 13.9 Å². The Balaban J connectivity index is 3.05. The lowest BCUT2D eigenvalue weighted by molar-refractivity contribution is 0.350. The molecule has 0 aliphatic rings. The van der Waals surface area contributed by atoms with Gasteiger partial charge in [0.1, 0.15) is 11.6 Å². The van der Waals surface area contributed by atoms with Crippen LogP contribution in [0.1, 0.15) is 11.1 Å². The van der Waals surface area contributed by atoms with Crippen molar-refractivity contribution in [3.63, 3.8) is 0 Å². The van der Waals surface area contributed by atoms with Crippen LogP contribution in [0.4, 0.5) is 0 Å². The quantitative estimate of drug-likeness (QED) is 0.794. The van der Waals surface area contributed by atoms with Gasteiger partial charge in [-0.15, -0.1) is 0 Å². The normalized spacial score (nSPS) is 10.3. The highest BCUT2D eigenvalue weighted by molar-refractivity contribution is 9.10. The Bertz CT molecular complexity index is 758. The van der Waals surface area contributed by atoms with E-state index in [1.165, 1.54) is 14.2 Å². The molecule has 0 radical (unpaired) electrons. The van der Waals surface area contributed by atoms with Gasteiger partial charge in [-0.05, 0) is 34.5 Å². The van der Waals surface area contributed by atoms with E-state index < -0.39 is 5.63 Å². The van der Waals surface area contributed by atoms with Crippen molar-refractivity contribution in [2.45, 2.75) is 6.92 Å². The lowest BCUT2D eigenvalue weighted by Gasteiger charge is -2.12. The predicted octanol–water partition coefficient (Wildman–Crippen LogP) is 2.75. The fraction of sp³-hybridized carbons (Fsp3) is 0.231. The van der Waals surface area contributed by atoms with Crippen LogP contribution in [0.3, 0.4) is 0 Å². The Hall–Kier alpha value is -2.00. The summed E-state index contributed by atoms with van der Waals surface area (Å²) in [5.74, 6) is 0.749. The van der Waals surface area contributed by atoms with E-state index in [1.54, 1.807) is 13.0 Å². The van der Waals surface area contributed by atoms with Crippen LogP contribution in [-0.2, 0) is 0 Å². The summed E-state index contributed by atoms with van der Waals surface area (Å²) >= 11 is 3.36. The minimum Gasteiger partial charge on any atom is -0.492 e. The summed E-state index contributed by atoms with van der Waals surface area (Å²) in [6.45, 7) is 1.69. The zero-order chi connectivity index (χ0) is 14.2. The number of methoxy groups -OCH3 is 2. The number of nitriles is 1. The second kappa shape index (κ2) is 4.94. The predicted molar refractivity (Wildman–Crippen MR) is 72.7 cm³/mol. The first-order valence-corrected chi connectivity index (χ1v) is 6.12. The van der Waals surface area contributed by atoms with Gasteiger partial charge in [-0.3, -0.25) is 0 Å². The summed E-state index contributed by atoms with van der Waals surface area (Å²) in [7, 11) is 2.94. The van der Waals surface area contributed by atoms with Crippen molar-refractivity contribution in [2.24, 2.45) is 0 Å². The molecule has 1 heterocycles. The highest BCUT2D eigenvalue weighted by Crippen LogP contribution is 2.42. The van der Waals surface area contributed by atoms with Gasteiger partial charge in [0.15, 0.2) is 11.3 Å². The standard InChI is InChI=1S/C13H10BrNO4/c1-6-7-4-9(14)11(17-2)12(18-3)10(7)19-13(16)8(6)5-15/h4H,1-3H3. The van der Waals surface area contributed by atoms with Crippen LogP contribution in [0.15, 0.2) is 19.8 Å². The lowest BCUT2D eigenvalue weighted by Crippen LogP contribution is -2.07. The summed E-state index contributed by atoms with van der Waals surface area (Å²) in [6.07, 6.45) is 0. The van der Waals surface area contributed by atoms with Crippen LogP contribution >= 0.6 is 15.9 Å². The van der Waals surface area contributed by atoms with Crippen molar-refractivity contribution in [3.05, 3.63) is 32.1 Å². The van der Waals surface area contributed by atoms with Gasteiger partial charge in [0.25, 0.3) is 0 Å². The molecule has 0 fully saturated rings. The molecule has 2 aromatic rings. The van der Waals surface area contributed by atoms with Crippen LogP contribution in [0.25, 0.3) is 11.0 Å². The van der Waals surface area contributed by atoms with E-state index in [1.807, 2.05) is 6.07 Å². The maximum absolute atomic E-state index is 11.7. The molecule has 98 valence electrons. The molecule has 5 nitrogen and oxygen atoms in total. The summed E-state index contributed by atoms with van der Waals surface area (Å²) in [5.41, 5.74) is 0.126. The number of hydrogen-bond acceptors (Lipinski definition) is 5. The SMILES string of the molecule is COc1c(Br)cc2c(C)c(C#N)c(=O)oc2c1OC. The molecule has 0 unspecified atom stereocenters. The smallest absolute Gasteiger partial charge is 0.354 e. The Labute approximate surface area is 117 Å². The van der Waals surface area contributed by atoms with Crippen LogP contribution in [0.2, 0.25) is 0 Å². The first kappa shape index (κ1) is 13.4. The van der Waals surface area contributed by atoms with Crippen LogP contribution < -0.4 is 15.1 Å². The third-order valence-corrected chi connectivity index (χ3v) is 3.43. The molecule has 0 N–H and O–H groups in total. The Kier molecular flexibility index (Phi) is 3.49. The third-order valence-electron chi connectivity index (χ3n) is 2.84. The Morgan fingerprint density at radius 2 is 1.95 bits per heavy atom. The van der Waals surface area contributed by atoms with Gasteiger partial charge in [-0.2, -0.15) is 5.26 Å². The Morgan fingerprint density at radius 3 is 2.47 bits per heavy atom. The number of aryl methyl sites for hydroxylation is 1. The first-order chi connectivity index (χ1) is 9.04. The van der Waals surface area contributed by atoms with E-state index >= 15 is 0 Å². The molecule has 0 atom stereocenters. The van der Waals surface area contributed by atoms with Gasteiger partial charge in [-0.1, -0.05) is 0 Å². The number of fused-ring (bicyclic) bond motifs is 1. The van der Waals surface area contributed by atoms with Crippen molar-refractivity contribution in [2.75, 3.05) is 14.2 Å². The minimum atomic E-state index is -0.685. The van der Waals surface area contributed by atoms with Crippen LogP contribution in [0, 0.1) is 18.3 Å². The summed E-state index contributed by atoms with van der Waals surface area (Å²) in [6, 6.07) is 3.58. The number of nitrogens with zero attached hydrogens (tertiary/aromatic N) is 1. The molecule has 1 aromatic heterocycles. The van der Waals surface area contributed by atoms with Gasteiger partial charge < -0.3 is 13.9 Å². The van der Waals surface area contributed by atoms with Crippen molar-refractivity contribution >= 4 is 26.9 Å². The van der Waals surface area contributed by atoms with Gasteiger partial charge in [0.2, 0.25) is 5.75 Å². The fourth-order valence-corrected chi connectivity index (χ4v) is 2.48. The van der Waals surface area contributed by atoms with E-state index in [9.17, 15) is 4.79 Å². The number of ether oxygens (including phenoxy) is 2. The fourth-order valence-electron chi connectivity index (χ4n) is 1.91. The molecule has 0 bridgehead atoms. The zero-order valence-electron chi connectivity index (χ0n) is 10.5. The molecule has 0 spiro atoms. The molecule has 6 heteroatoms. The topological polar surface area (TPSA) is 72.5 Å². The summed E-state index contributed by atoms with van der Waals surface area (Å²) < 4.78 is 16.3. The highest BCUT2D eigenvalue weighted by Gasteiger charge is 2.20. The largest absolute Gasteiger partial charge is 0.492 e. The summed E-state index contributed by atoms with van der Waals surface area (Å²) in [5, 5.41) is 9.60. The average Bonchev–Trinajstić information content (AvgIpc) is 2.39. The van der Waals surface area contributed by atoms with Crippen LogP contribution in [-0.4, -0.2) is 14.2 Å². The molecule has 0 saturated heterocycles. The van der Waals surface area contributed by atoms with Crippen molar-refractivity contribution in [1.82, 2.24) is 0 Å². The van der Waals surface area contributed by atoms with Crippen molar-refractivity contribution in [1.29, 1.82) is 5.26 Å².